The fourth-order valence-electron chi connectivity index (χ4n) is 2.18. The molecule has 0 aliphatic carbocycles. The van der Waals surface area contributed by atoms with Crippen LogP contribution in [0.15, 0.2) is 33.8 Å². The summed E-state index contributed by atoms with van der Waals surface area (Å²) in [6, 6.07) is 7.17. The first-order chi connectivity index (χ1) is 11.1. The minimum absolute atomic E-state index is 0.315. The summed E-state index contributed by atoms with van der Waals surface area (Å²) in [6.45, 7) is 3.92. The van der Waals surface area contributed by atoms with Crippen molar-refractivity contribution in [3.63, 3.8) is 0 Å². The smallest absolute Gasteiger partial charge is 0.236 e. The van der Waals surface area contributed by atoms with Crippen LogP contribution in [0.2, 0.25) is 5.02 Å². The highest BCUT2D eigenvalue weighted by atomic mass is 35.5. The van der Waals surface area contributed by atoms with Crippen molar-refractivity contribution < 1.29 is 9.15 Å². The average molecular weight is 350 g/mol. The number of hydrogen-bond donors (Lipinski definition) is 0. The molecule has 0 spiro atoms. The maximum Gasteiger partial charge on any atom is 0.236 e. The molecule has 0 radical (unpaired) electrons. The van der Waals surface area contributed by atoms with E-state index < -0.39 is 0 Å². The van der Waals surface area contributed by atoms with Gasteiger partial charge in [0, 0.05) is 16.8 Å². The van der Waals surface area contributed by atoms with Gasteiger partial charge in [0.2, 0.25) is 11.8 Å². The van der Waals surface area contributed by atoms with E-state index in [0.29, 0.717) is 34.0 Å². The molecule has 0 fully saturated rings. The zero-order chi connectivity index (χ0) is 16.4. The quantitative estimate of drug-likeness (QED) is 0.485. The molecule has 2 aromatic heterocycles. The van der Waals surface area contributed by atoms with Crippen molar-refractivity contribution in [2.24, 2.45) is 0 Å². The number of aromatic nitrogens is 3. The van der Waals surface area contributed by atoms with Crippen molar-refractivity contribution in [1.29, 1.82) is 0 Å². The van der Waals surface area contributed by atoms with Crippen molar-refractivity contribution in [1.82, 2.24) is 15.0 Å². The molecule has 1 atom stereocenters. The first kappa shape index (κ1) is 16.1. The van der Waals surface area contributed by atoms with Crippen LogP contribution in [-0.2, 0) is 0 Å². The van der Waals surface area contributed by atoms with Gasteiger partial charge < -0.3 is 9.15 Å². The fraction of sp³-hybridized carbons (Fsp3) is 0.312. The summed E-state index contributed by atoms with van der Waals surface area (Å²) in [5, 5.41) is 1.31. The number of ether oxygens (including phenoxy) is 1. The highest BCUT2D eigenvalue weighted by Gasteiger charge is 2.19. The maximum atomic E-state index is 5.99. The van der Waals surface area contributed by atoms with E-state index in [1.165, 1.54) is 11.8 Å². The Morgan fingerprint density at radius 3 is 2.83 bits per heavy atom. The van der Waals surface area contributed by atoms with Crippen LogP contribution in [0.25, 0.3) is 11.1 Å². The van der Waals surface area contributed by atoms with Crippen LogP contribution in [0.4, 0.5) is 0 Å². The fourth-order valence-corrected chi connectivity index (χ4v) is 2.76. The molecule has 23 heavy (non-hydrogen) atoms. The summed E-state index contributed by atoms with van der Waals surface area (Å²) < 4.78 is 11.8. The largest absolute Gasteiger partial charge is 0.464 e. The minimum Gasteiger partial charge on any atom is -0.464 e. The summed E-state index contributed by atoms with van der Waals surface area (Å²) in [4.78, 5) is 13.2. The Morgan fingerprint density at radius 1 is 1.26 bits per heavy atom. The lowest BCUT2D eigenvalue weighted by molar-refractivity contribution is 0.159. The van der Waals surface area contributed by atoms with Crippen LogP contribution in [0, 0.1) is 6.92 Å². The van der Waals surface area contributed by atoms with Gasteiger partial charge in [-0.25, -0.2) is 9.97 Å². The molecular weight excluding hydrogens is 334 g/mol. The number of hydrogen-bond acceptors (Lipinski definition) is 6. The monoisotopic (exact) mass is 349 g/mol. The average Bonchev–Trinajstić information content (AvgIpc) is 2.94. The normalized spacial score (nSPS) is 12.5. The number of oxazole rings is 1. The molecule has 0 amide bonds. The summed E-state index contributed by atoms with van der Waals surface area (Å²) >= 11 is 7.47. The Bertz CT molecular complexity index is 837. The SMILES string of the molecule is CCC(Oc1cc(C)nc(SC)n1)c1nc2cc(Cl)ccc2o1. The van der Waals surface area contributed by atoms with Crippen LogP contribution >= 0.6 is 23.4 Å². The van der Waals surface area contributed by atoms with Gasteiger partial charge in [-0.15, -0.1) is 0 Å². The standard InChI is InChI=1S/C16H16ClN3O2S/c1-4-12(21-14-7-9(2)18-16(20-14)23-3)15-19-11-8-10(17)5-6-13(11)22-15/h5-8,12H,4H2,1-3H3. The number of fused-ring (bicyclic) bond motifs is 1. The van der Waals surface area contributed by atoms with E-state index >= 15 is 0 Å². The predicted molar refractivity (Wildman–Crippen MR) is 91.2 cm³/mol. The highest BCUT2D eigenvalue weighted by molar-refractivity contribution is 7.98. The van der Waals surface area contributed by atoms with E-state index in [4.69, 9.17) is 20.8 Å². The minimum atomic E-state index is -0.315. The van der Waals surface area contributed by atoms with E-state index in [2.05, 4.69) is 15.0 Å². The Balaban J connectivity index is 1.90. The van der Waals surface area contributed by atoms with Crippen LogP contribution in [0.5, 0.6) is 5.88 Å². The second-order valence-electron chi connectivity index (χ2n) is 5.01. The van der Waals surface area contributed by atoms with Gasteiger partial charge in [0.15, 0.2) is 16.8 Å². The third kappa shape index (κ3) is 3.59. The molecule has 1 aromatic carbocycles. The Hall–Kier alpha value is -1.79. The molecular formula is C16H16ClN3O2S. The van der Waals surface area contributed by atoms with E-state index in [0.717, 1.165) is 11.2 Å². The zero-order valence-corrected chi connectivity index (χ0v) is 14.6. The van der Waals surface area contributed by atoms with Gasteiger partial charge >= 0.3 is 0 Å². The molecule has 0 bridgehead atoms. The van der Waals surface area contributed by atoms with Gasteiger partial charge in [0.25, 0.3) is 0 Å². The van der Waals surface area contributed by atoms with Gasteiger partial charge in [-0.2, -0.15) is 4.98 Å². The van der Waals surface area contributed by atoms with Gasteiger partial charge in [-0.1, -0.05) is 30.3 Å². The molecule has 5 nitrogen and oxygen atoms in total. The van der Waals surface area contributed by atoms with Crippen LogP contribution in [-0.4, -0.2) is 21.2 Å². The van der Waals surface area contributed by atoms with Gasteiger partial charge in [-0.3, -0.25) is 0 Å². The molecule has 120 valence electrons. The topological polar surface area (TPSA) is 61.0 Å². The number of rotatable bonds is 5. The third-order valence-corrected chi connectivity index (χ3v) is 4.05. The second kappa shape index (κ2) is 6.76. The van der Waals surface area contributed by atoms with Crippen molar-refractivity contribution in [2.45, 2.75) is 31.5 Å². The van der Waals surface area contributed by atoms with Crippen LogP contribution in [0.1, 0.15) is 31.0 Å². The van der Waals surface area contributed by atoms with Crippen molar-refractivity contribution in [2.75, 3.05) is 6.26 Å². The first-order valence-corrected chi connectivity index (χ1v) is 8.81. The van der Waals surface area contributed by atoms with Crippen molar-refractivity contribution in [3.8, 4) is 5.88 Å². The third-order valence-electron chi connectivity index (χ3n) is 3.27. The molecule has 0 N–H and O–H groups in total. The van der Waals surface area contributed by atoms with Crippen molar-refractivity contribution >= 4 is 34.5 Å². The lowest BCUT2D eigenvalue weighted by Gasteiger charge is -2.14. The van der Waals surface area contributed by atoms with E-state index in [1.54, 1.807) is 12.1 Å². The van der Waals surface area contributed by atoms with E-state index in [9.17, 15) is 0 Å². The van der Waals surface area contributed by atoms with Gasteiger partial charge in [-0.05, 0) is 37.8 Å². The Morgan fingerprint density at radius 2 is 2.09 bits per heavy atom. The van der Waals surface area contributed by atoms with Crippen LogP contribution in [0.3, 0.4) is 0 Å². The molecule has 2 heterocycles. The summed E-state index contributed by atoms with van der Waals surface area (Å²) in [6.07, 6.45) is 2.32. The molecule has 0 aliphatic heterocycles. The van der Waals surface area contributed by atoms with Gasteiger partial charge in [0.1, 0.15) is 5.52 Å². The molecule has 0 saturated heterocycles. The van der Waals surface area contributed by atoms with E-state index in [-0.39, 0.29) is 6.10 Å². The molecule has 1 unspecified atom stereocenters. The van der Waals surface area contributed by atoms with Gasteiger partial charge in [0.05, 0.1) is 0 Å². The number of halogens is 1. The highest BCUT2D eigenvalue weighted by Crippen LogP contribution is 2.28. The van der Waals surface area contributed by atoms with Crippen molar-refractivity contribution in [3.05, 3.63) is 40.9 Å². The maximum absolute atomic E-state index is 5.99. The first-order valence-electron chi connectivity index (χ1n) is 7.21. The zero-order valence-electron chi connectivity index (χ0n) is 13.0. The van der Waals surface area contributed by atoms with E-state index in [1.807, 2.05) is 32.2 Å². The Labute approximate surface area is 143 Å². The summed E-state index contributed by atoms with van der Waals surface area (Å²) in [7, 11) is 0. The molecule has 3 rings (SSSR count). The summed E-state index contributed by atoms with van der Waals surface area (Å²) in [5.41, 5.74) is 2.27. The molecule has 0 aliphatic rings. The van der Waals surface area contributed by atoms with Crippen LogP contribution < -0.4 is 4.74 Å². The number of aryl methyl sites for hydroxylation is 1. The molecule has 3 aromatic rings. The summed E-state index contributed by atoms with van der Waals surface area (Å²) in [5.74, 6) is 1.04. The number of nitrogens with zero attached hydrogens (tertiary/aromatic N) is 3. The Kier molecular flexibility index (Phi) is 4.73. The molecule has 7 heteroatoms. The predicted octanol–water partition coefficient (Wildman–Crippen LogP) is 4.83. The number of benzene rings is 1. The second-order valence-corrected chi connectivity index (χ2v) is 6.22. The number of thioether (sulfide) groups is 1. The molecule has 0 saturated carbocycles. The lowest BCUT2D eigenvalue weighted by Crippen LogP contribution is -2.08. The lowest BCUT2D eigenvalue weighted by atomic mass is 10.3.